The smallest absolute Gasteiger partial charge is 0.232 e. The second-order valence-corrected chi connectivity index (χ2v) is 7.53. The van der Waals surface area contributed by atoms with Crippen LogP contribution in [-0.2, 0) is 14.8 Å². The molecule has 0 aliphatic heterocycles. The number of carbonyl (C=O) groups is 1. The van der Waals surface area contributed by atoms with E-state index in [4.69, 9.17) is 4.74 Å². The zero-order valence-corrected chi connectivity index (χ0v) is 15.3. The third-order valence-corrected chi connectivity index (χ3v) is 4.90. The number of hydrogen-bond donors (Lipinski definition) is 1. The lowest BCUT2D eigenvalue weighted by Crippen LogP contribution is -2.33. The molecule has 25 heavy (non-hydrogen) atoms. The molecule has 0 aromatic heterocycles. The molecule has 2 rings (SSSR count). The van der Waals surface area contributed by atoms with Gasteiger partial charge in [0.15, 0.2) is 0 Å². The number of sulfonamides is 1. The van der Waals surface area contributed by atoms with E-state index in [0.29, 0.717) is 11.4 Å². The topological polar surface area (TPSA) is 75.7 Å². The van der Waals surface area contributed by atoms with Crippen LogP contribution in [0.4, 0.5) is 11.4 Å². The zero-order valence-electron chi connectivity index (χ0n) is 14.5. The number of amides is 1. The Balaban J connectivity index is 2.14. The number of ether oxygens (including phenoxy) is 1. The minimum atomic E-state index is -3.55. The molecule has 6 nitrogen and oxygen atoms in total. The first-order chi connectivity index (χ1) is 11.8. The summed E-state index contributed by atoms with van der Waals surface area (Å²) >= 11 is 0. The Morgan fingerprint density at radius 2 is 1.76 bits per heavy atom. The lowest BCUT2D eigenvalue weighted by Gasteiger charge is -2.24. The van der Waals surface area contributed by atoms with Crippen LogP contribution in [0.25, 0.3) is 0 Å². The fourth-order valence-corrected chi connectivity index (χ4v) is 3.36. The molecule has 134 valence electrons. The summed E-state index contributed by atoms with van der Waals surface area (Å²) < 4.78 is 30.7. The van der Waals surface area contributed by atoms with E-state index in [1.54, 1.807) is 24.3 Å². The minimum Gasteiger partial charge on any atom is -0.495 e. The van der Waals surface area contributed by atoms with E-state index in [2.05, 4.69) is 5.32 Å². The van der Waals surface area contributed by atoms with E-state index in [-0.39, 0.29) is 18.9 Å². The maximum Gasteiger partial charge on any atom is 0.232 e. The first kappa shape index (κ1) is 18.8. The summed E-state index contributed by atoms with van der Waals surface area (Å²) in [5.41, 5.74) is 2.08. The Morgan fingerprint density at radius 1 is 1.12 bits per heavy atom. The number of carbonyl (C=O) groups excluding carboxylic acids is 1. The maximum absolute atomic E-state index is 12.2. The molecule has 0 unspecified atom stereocenters. The van der Waals surface area contributed by atoms with Crippen molar-refractivity contribution in [2.75, 3.05) is 29.5 Å². The van der Waals surface area contributed by atoms with Crippen LogP contribution in [0.2, 0.25) is 0 Å². The molecule has 0 aliphatic carbocycles. The first-order valence-corrected chi connectivity index (χ1v) is 9.64. The molecule has 0 saturated heterocycles. The van der Waals surface area contributed by atoms with E-state index in [0.717, 1.165) is 17.5 Å². The minimum absolute atomic E-state index is 0.0247. The Kier molecular flexibility index (Phi) is 6.03. The molecule has 0 aliphatic rings. The van der Waals surface area contributed by atoms with Crippen molar-refractivity contribution < 1.29 is 17.9 Å². The summed E-state index contributed by atoms with van der Waals surface area (Å²) in [6, 6.07) is 14.2. The Hall–Kier alpha value is -2.54. The van der Waals surface area contributed by atoms with Gasteiger partial charge >= 0.3 is 0 Å². The van der Waals surface area contributed by atoms with Gasteiger partial charge in [-0.05, 0) is 30.7 Å². The van der Waals surface area contributed by atoms with Crippen molar-refractivity contribution in [3.63, 3.8) is 0 Å². The summed E-state index contributed by atoms with van der Waals surface area (Å²) in [6.45, 7) is 1.92. The lowest BCUT2D eigenvalue weighted by atomic mass is 10.2. The molecule has 0 heterocycles. The highest BCUT2D eigenvalue weighted by Gasteiger charge is 2.21. The van der Waals surface area contributed by atoms with E-state index >= 15 is 0 Å². The van der Waals surface area contributed by atoms with Gasteiger partial charge in [0.2, 0.25) is 15.9 Å². The average molecular weight is 362 g/mol. The van der Waals surface area contributed by atoms with Crippen molar-refractivity contribution in [1.29, 1.82) is 0 Å². The Morgan fingerprint density at radius 3 is 2.40 bits per heavy atom. The van der Waals surface area contributed by atoms with Gasteiger partial charge in [-0.2, -0.15) is 0 Å². The molecule has 1 amide bonds. The van der Waals surface area contributed by atoms with Crippen LogP contribution < -0.4 is 14.4 Å². The average Bonchev–Trinajstić information content (AvgIpc) is 2.56. The number of methoxy groups -OCH3 is 1. The third kappa shape index (κ3) is 4.96. The van der Waals surface area contributed by atoms with Crippen molar-refractivity contribution in [2.45, 2.75) is 13.3 Å². The lowest BCUT2D eigenvalue weighted by molar-refractivity contribution is -0.116. The molecular formula is C18H22N2O4S. The normalized spacial score (nSPS) is 11.0. The van der Waals surface area contributed by atoms with Gasteiger partial charge in [0, 0.05) is 18.7 Å². The highest BCUT2D eigenvalue weighted by molar-refractivity contribution is 7.92. The van der Waals surface area contributed by atoms with E-state index in [1.165, 1.54) is 11.4 Å². The molecule has 7 heteroatoms. The molecule has 0 spiro atoms. The molecule has 0 saturated carbocycles. The van der Waals surface area contributed by atoms with Gasteiger partial charge in [0.25, 0.3) is 0 Å². The van der Waals surface area contributed by atoms with Crippen LogP contribution in [0.1, 0.15) is 12.0 Å². The Bertz CT molecular complexity index is 850. The summed E-state index contributed by atoms with van der Waals surface area (Å²) in [5.74, 6) is 0.185. The van der Waals surface area contributed by atoms with Crippen LogP contribution >= 0.6 is 0 Å². The van der Waals surface area contributed by atoms with E-state index < -0.39 is 10.0 Å². The predicted octanol–water partition coefficient (Wildman–Crippen LogP) is 2.80. The summed E-state index contributed by atoms with van der Waals surface area (Å²) in [4.78, 5) is 12.2. The van der Waals surface area contributed by atoms with Crippen LogP contribution in [0.15, 0.2) is 48.5 Å². The van der Waals surface area contributed by atoms with Gasteiger partial charge in [-0.25, -0.2) is 8.42 Å². The number of anilines is 2. The SMILES string of the molecule is COc1ccccc1N(CCC(=O)Nc1ccccc1C)S(C)(=O)=O. The molecular weight excluding hydrogens is 340 g/mol. The summed E-state index contributed by atoms with van der Waals surface area (Å²) in [6.07, 6.45) is 1.14. The van der Waals surface area contributed by atoms with Gasteiger partial charge in [0.05, 0.1) is 19.1 Å². The number of para-hydroxylation sites is 3. The number of benzene rings is 2. The fraction of sp³-hybridized carbons (Fsp3) is 0.278. The van der Waals surface area contributed by atoms with Crippen molar-refractivity contribution >= 4 is 27.3 Å². The van der Waals surface area contributed by atoms with Crippen LogP contribution in [0.3, 0.4) is 0 Å². The van der Waals surface area contributed by atoms with Crippen LogP contribution in [-0.4, -0.2) is 34.2 Å². The zero-order chi connectivity index (χ0) is 18.4. The van der Waals surface area contributed by atoms with Gasteiger partial charge in [-0.1, -0.05) is 30.3 Å². The summed E-state index contributed by atoms with van der Waals surface area (Å²) in [7, 11) is -2.08. The number of hydrogen-bond acceptors (Lipinski definition) is 4. The van der Waals surface area contributed by atoms with Crippen LogP contribution in [0, 0.1) is 6.92 Å². The van der Waals surface area contributed by atoms with Gasteiger partial charge in [-0.3, -0.25) is 9.10 Å². The van der Waals surface area contributed by atoms with Gasteiger partial charge < -0.3 is 10.1 Å². The molecule has 0 radical (unpaired) electrons. The number of nitrogens with zero attached hydrogens (tertiary/aromatic N) is 1. The largest absolute Gasteiger partial charge is 0.495 e. The predicted molar refractivity (Wildman–Crippen MR) is 99.6 cm³/mol. The number of rotatable bonds is 7. The highest BCUT2D eigenvalue weighted by atomic mass is 32.2. The monoisotopic (exact) mass is 362 g/mol. The maximum atomic E-state index is 12.2. The van der Waals surface area contributed by atoms with Gasteiger partial charge in [0.1, 0.15) is 5.75 Å². The molecule has 2 aromatic rings. The summed E-state index contributed by atoms with van der Waals surface area (Å²) in [5, 5.41) is 2.81. The third-order valence-electron chi connectivity index (χ3n) is 3.72. The Labute approximate surface area is 148 Å². The highest BCUT2D eigenvalue weighted by Crippen LogP contribution is 2.29. The fourth-order valence-electron chi connectivity index (χ4n) is 2.43. The quantitative estimate of drug-likeness (QED) is 0.822. The molecule has 2 aromatic carbocycles. The molecule has 0 bridgehead atoms. The van der Waals surface area contributed by atoms with Crippen molar-refractivity contribution in [3.8, 4) is 5.75 Å². The van der Waals surface area contributed by atoms with Crippen molar-refractivity contribution in [2.24, 2.45) is 0 Å². The van der Waals surface area contributed by atoms with E-state index in [9.17, 15) is 13.2 Å². The first-order valence-electron chi connectivity index (χ1n) is 7.79. The molecule has 0 fully saturated rings. The molecule has 1 N–H and O–H groups in total. The van der Waals surface area contributed by atoms with Crippen molar-refractivity contribution in [3.05, 3.63) is 54.1 Å². The van der Waals surface area contributed by atoms with Crippen LogP contribution in [0.5, 0.6) is 5.75 Å². The second kappa shape index (κ2) is 8.02. The van der Waals surface area contributed by atoms with E-state index in [1.807, 2.05) is 31.2 Å². The standard InChI is InChI=1S/C18H22N2O4S/c1-14-8-4-5-9-15(14)19-18(21)12-13-20(25(3,22)23)16-10-6-7-11-17(16)24-2/h4-11H,12-13H2,1-3H3,(H,19,21). The van der Waals surface area contributed by atoms with Gasteiger partial charge in [-0.15, -0.1) is 0 Å². The number of aryl methyl sites for hydroxylation is 1. The second-order valence-electron chi connectivity index (χ2n) is 5.62. The number of nitrogens with one attached hydrogen (secondary N) is 1. The molecule has 0 atom stereocenters. The van der Waals surface area contributed by atoms with Crippen molar-refractivity contribution in [1.82, 2.24) is 0 Å².